The summed E-state index contributed by atoms with van der Waals surface area (Å²) in [7, 11) is 0. The Kier molecular flexibility index (Phi) is 8.89. The first-order chi connectivity index (χ1) is 21.5. The van der Waals surface area contributed by atoms with Crippen molar-refractivity contribution in [3.63, 3.8) is 0 Å². The fourth-order valence-electron chi connectivity index (χ4n) is 4.75. The minimum absolute atomic E-state index is 0.164. The zero-order chi connectivity index (χ0) is 30.5. The number of hydrogen-bond acceptors (Lipinski definition) is 8. The number of hydrogen-bond donors (Lipinski definition) is 4. The normalized spacial score (nSPS) is 11.2. The van der Waals surface area contributed by atoms with E-state index in [1.54, 1.807) is 0 Å². The molecule has 4 aromatic carbocycles. The van der Waals surface area contributed by atoms with Crippen LogP contribution in [0.2, 0.25) is 0 Å². The number of carbonyl (C=O) groups excluding carboxylic acids is 2. The summed E-state index contributed by atoms with van der Waals surface area (Å²) in [6, 6.07) is 22.6. The van der Waals surface area contributed by atoms with Gasteiger partial charge in [-0.3, -0.25) is 9.59 Å². The van der Waals surface area contributed by atoms with E-state index in [0.717, 1.165) is 44.3 Å². The van der Waals surface area contributed by atoms with Gasteiger partial charge < -0.3 is 30.1 Å². The first kappa shape index (κ1) is 29.4. The van der Waals surface area contributed by atoms with E-state index in [2.05, 4.69) is 30.6 Å². The van der Waals surface area contributed by atoms with E-state index in [9.17, 15) is 9.59 Å². The average Bonchev–Trinajstić information content (AvgIpc) is 3.63. The lowest BCUT2D eigenvalue weighted by Crippen LogP contribution is -2.15. The number of ether oxygens (including phenoxy) is 2. The highest BCUT2D eigenvalue weighted by atomic mass is 32.2. The van der Waals surface area contributed by atoms with Gasteiger partial charge in [-0.1, -0.05) is 47.8 Å². The Hall–Kier alpha value is -4.68. The Bertz CT molecular complexity index is 1830. The molecule has 4 N–H and O–H groups in total. The lowest BCUT2D eigenvalue weighted by molar-refractivity contribution is -0.114. The predicted molar refractivity (Wildman–Crippen MR) is 177 cm³/mol. The number of aromatic amines is 2. The molecule has 224 valence electrons. The topological polar surface area (TPSA) is 134 Å². The molecular weight excluding hydrogens is 597 g/mol. The van der Waals surface area contributed by atoms with E-state index in [1.807, 2.05) is 86.6 Å². The van der Waals surface area contributed by atoms with Gasteiger partial charge in [-0.15, -0.1) is 0 Å². The van der Waals surface area contributed by atoms with Crippen LogP contribution in [0.3, 0.4) is 0 Å². The number of nitrogens with zero attached hydrogens (tertiary/aromatic N) is 2. The van der Waals surface area contributed by atoms with Crippen molar-refractivity contribution in [1.82, 2.24) is 19.9 Å². The fraction of sp³-hybridized carbons (Fsp3) is 0.188. The highest BCUT2D eigenvalue weighted by Crippen LogP contribution is 2.31. The molecule has 0 saturated heterocycles. The molecule has 0 fully saturated rings. The maximum absolute atomic E-state index is 12.9. The quantitative estimate of drug-likeness (QED) is 0.108. The van der Waals surface area contributed by atoms with Gasteiger partial charge in [-0.2, -0.15) is 0 Å². The third kappa shape index (κ3) is 6.76. The van der Waals surface area contributed by atoms with Gasteiger partial charge in [0.05, 0.1) is 46.8 Å². The van der Waals surface area contributed by atoms with Crippen LogP contribution in [-0.2, 0) is 9.59 Å². The maximum atomic E-state index is 12.9. The molecule has 0 unspecified atom stereocenters. The molecule has 6 aromatic rings. The van der Waals surface area contributed by atoms with Crippen molar-refractivity contribution in [2.75, 3.05) is 35.4 Å². The number of anilines is 2. The average molecular weight is 627 g/mol. The fourth-order valence-corrected chi connectivity index (χ4v) is 6.12. The number of imidazole rings is 2. The van der Waals surface area contributed by atoms with Gasteiger partial charge in [0.25, 0.3) is 0 Å². The van der Waals surface area contributed by atoms with Crippen LogP contribution in [0.15, 0.2) is 83.1 Å². The molecule has 0 aliphatic heterocycles. The Morgan fingerprint density at radius 1 is 0.682 bits per heavy atom. The SMILES string of the molecule is CCOc1ccc2nc(SCC(=O)Nc3cccc4c(NC(=O)CSc5nc6ccc(OCC)cc6[nH]5)cccc34)[nH]c2c1. The van der Waals surface area contributed by atoms with Crippen molar-refractivity contribution in [3.8, 4) is 11.5 Å². The van der Waals surface area contributed by atoms with Gasteiger partial charge in [0.15, 0.2) is 10.3 Å². The Morgan fingerprint density at radius 3 is 1.57 bits per heavy atom. The molecule has 0 spiro atoms. The lowest BCUT2D eigenvalue weighted by Gasteiger charge is -2.12. The Morgan fingerprint density at radius 2 is 1.14 bits per heavy atom. The summed E-state index contributed by atoms with van der Waals surface area (Å²) in [6.07, 6.45) is 0. The number of thioether (sulfide) groups is 2. The molecule has 0 radical (unpaired) electrons. The molecule has 0 saturated carbocycles. The molecule has 0 bridgehead atoms. The minimum Gasteiger partial charge on any atom is -0.494 e. The number of carbonyl (C=O) groups is 2. The van der Waals surface area contributed by atoms with Gasteiger partial charge in [0, 0.05) is 34.3 Å². The monoisotopic (exact) mass is 626 g/mol. The summed E-state index contributed by atoms with van der Waals surface area (Å²) in [5, 5.41) is 8.97. The summed E-state index contributed by atoms with van der Waals surface area (Å²) in [6.45, 7) is 5.05. The smallest absolute Gasteiger partial charge is 0.234 e. The molecule has 0 aliphatic rings. The van der Waals surface area contributed by atoms with E-state index < -0.39 is 0 Å². The van der Waals surface area contributed by atoms with Crippen LogP contribution < -0.4 is 20.1 Å². The van der Waals surface area contributed by atoms with E-state index in [4.69, 9.17) is 9.47 Å². The van der Waals surface area contributed by atoms with Crippen molar-refractivity contribution < 1.29 is 19.1 Å². The van der Waals surface area contributed by atoms with E-state index >= 15 is 0 Å². The van der Waals surface area contributed by atoms with Crippen molar-refractivity contribution >= 4 is 79.6 Å². The minimum atomic E-state index is -0.164. The van der Waals surface area contributed by atoms with Gasteiger partial charge in [-0.25, -0.2) is 9.97 Å². The summed E-state index contributed by atoms with van der Waals surface area (Å²) in [4.78, 5) is 41.4. The third-order valence-corrected chi connectivity index (χ3v) is 8.38. The van der Waals surface area contributed by atoms with Crippen molar-refractivity contribution in [2.45, 2.75) is 24.2 Å². The van der Waals surface area contributed by atoms with Crippen LogP contribution >= 0.6 is 23.5 Å². The molecule has 0 aliphatic carbocycles. The molecule has 2 heterocycles. The molecule has 2 amide bonds. The molecule has 12 heteroatoms. The molecule has 10 nitrogen and oxygen atoms in total. The van der Waals surface area contributed by atoms with Gasteiger partial charge in [0.2, 0.25) is 11.8 Å². The molecule has 2 aromatic heterocycles. The van der Waals surface area contributed by atoms with Crippen LogP contribution in [-0.4, -0.2) is 56.5 Å². The van der Waals surface area contributed by atoms with E-state index in [1.165, 1.54) is 23.5 Å². The predicted octanol–water partition coefficient (Wildman–Crippen LogP) is 6.85. The first-order valence-corrected chi connectivity index (χ1v) is 16.1. The maximum Gasteiger partial charge on any atom is 0.234 e. The number of benzene rings is 4. The van der Waals surface area contributed by atoms with E-state index in [0.29, 0.717) is 34.9 Å². The second-order valence-corrected chi connectivity index (χ2v) is 11.6. The molecule has 0 atom stereocenters. The number of amides is 2. The van der Waals surface area contributed by atoms with Crippen molar-refractivity contribution in [1.29, 1.82) is 0 Å². The summed E-state index contributed by atoms with van der Waals surface area (Å²) < 4.78 is 11.1. The molecule has 44 heavy (non-hydrogen) atoms. The lowest BCUT2D eigenvalue weighted by atomic mass is 10.1. The second-order valence-electron chi connectivity index (χ2n) is 9.69. The standard InChI is InChI=1S/C32H30N6O4S2/c1-3-41-19-11-13-25-27(15-19)37-31(35-25)43-17-29(39)33-23-9-5-8-22-21(23)7-6-10-24(22)34-30(40)18-44-32-36-26-14-12-20(42-4-2)16-28(26)38-32/h5-16H,3-4,17-18H2,1-2H3,(H,33,39)(H,34,40)(H,35,37)(H,36,38). The van der Waals surface area contributed by atoms with Gasteiger partial charge in [-0.05, 0) is 50.2 Å². The largest absolute Gasteiger partial charge is 0.494 e. The number of rotatable bonds is 12. The van der Waals surface area contributed by atoms with Crippen LogP contribution in [0, 0.1) is 0 Å². The number of nitrogens with one attached hydrogen (secondary N) is 4. The number of H-pyrrole nitrogens is 2. The van der Waals surface area contributed by atoms with Crippen LogP contribution in [0.5, 0.6) is 11.5 Å². The van der Waals surface area contributed by atoms with Crippen LogP contribution in [0.25, 0.3) is 32.8 Å². The van der Waals surface area contributed by atoms with Gasteiger partial charge in [0.1, 0.15) is 11.5 Å². The number of fused-ring (bicyclic) bond motifs is 3. The third-order valence-electron chi connectivity index (χ3n) is 6.64. The Balaban J connectivity index is 1.07. The van der Waals surface area contributed by atoms with Crippen LogP contribution in [0.4, 0.5) is 11.4 Å². The zero-order valence-electron chi connectivity index (χ0n) is 24.1. The zero-order valence-corrected chi connectivity index (χ0v) is 25.7. The molecular formula is C32H30N6O4S2. The number of aromatic nitrogens is 4. The highest BCUT2D eigenvalue weighted by molar-refractivity contribution is 8.00. The van der Waals surface area contributed by atoms with Crippen LogP contribution in [0.1, 0.15) is 13.8 Å². The van der Waals surface area contributed by atoms with Crippen molar-refractivity contribution in [3.05, 3.63) is 72.8 Å². The highest BCUT2D eigenvalue weighted by Gasteiger charge is 2.13. The molecule has 6 rings (SSSR count). The van der Waals surface area contributed by atoms with Gasteiger partial charge >= 0.3 is 0 Å². The Labute approximate surface area is 261 Å². The first-order valence-electron chi connectivity index (χ1n) is 14.1. The second kappa shape index (κ2) is 13.3. The van der Waals surface area contributed by atoms with E-state index in [-0.39, 0.29) is 23.3 Å². The van der Waals surface area contributed by atoms with Crippen molar-refractivity contribution in [2.24, 2.45) is 0 Å². The summed E-state index contributed by atoms with van der Waals surface area (Å²) in [5.74, 6) is 1.57. The summed E-state index contributed by atoms with van der Waals surface area (Å²) >= 11 is 2.65. The summed E-state index contributed by atoms with van der Waals surface area (Å²) in [5.41, 5.74) is 4.67.